The van der Waals surface area contributed by atoms with E-state index in [0.717, 1.165) is 49.3 Å². The van der Waals surface area contributed by atoms with E-state index in [1.807, 2.05) is 23.1 Å². The summed E-state index contributed by atoms with van der Waals surface area (Å²) in [7, 11) is -5.50. The quantitative estimate of drug-likeness (QED) is 0.663. The van der Waals surface area contributed by atoms with E-state index in [1.54, 1.807) is 12.5 Å². The standard InChI is InChI=1S/C23H28F3N5O3S/c24-23(25,26)35(32,33)30-11-17-6-19(29-4-1-5-34-15-29)2-3-20(17)31(12-18-10-27-14-28-18)21(13-30)22-7-16(8-22)9-22/h2-3,6,10,14,16,21H,1,4-5,7-9,11-13,15H2,(H,27,28). The molecule has 2 aliphatic heterocycles. The second kappa shape index (κ2) is 8.10. The Labute approximate surface area is 202 Å². The number of imidazole rings is 1. The van der Waals surface area contributed by atoms with Crippen molar-refractivity contribution in [3.63, 3.8) is 0 Å². The SMILES string of the molecule is O=S(=O)(N1Cc2cc(N3CCCOC3)ccc2N(Cc2cnc[nH]2)C(C23CC(C2)C3)C1)C(F)(F)F. The highest BCUT2D eigenvalue weighted by atomic mass is 32.2. The van der Waals surface area contributed by atoms with Crippen LogP contribution in [0.5, 0.6) is 0 Å². The first-order chi connectivity index (χ1) is 16.7. The van der Waals surface area contributed by atoms with Gasteiger partial charge in [-0.25, -0.2) is 13.4 Å². The number of rotatable bonds is 5. The number of halogens is 3. The normalized spacial score (nSPS) is 29.2. The largest absolute Gasteiger partial charge is 0.511 e. The molecular formula is C23H28F3N5O3S. The van der Waals surface area contributed by atoms with Crippen molar-refractivity contribution >= 4 is 21.4 Å². The van der Waals surface area contributed by atoms with Gasteiger partial charge in [0.1, 0.15) is 6.73 Å². The Balaban J connectivity index is 1.45. The zero-order valence-corrected chi connectivity index (χ0v) is 20.0. The maximum Gasteiger partial charge on any atom is 0.511 e. The Morgan fingerprint density at radius 3 is 2.63 bits per heavy atom. The molecule has 4 fully saturated rings. The molecule has 0 spiro atoms. The van der Waals surface area contributed by atoms with Gasteiger partial charge in [-0.2, -0.15) is 17.5 Å². The number of fused-ring (bicyclic) bond motifs is 1. The summed E-state index contributed by atoms with van der Waals surface area (Å²) in [6.45, 7) is 1.73. The van der Waals surface area contributed by atoms with Crippen LogP contribution in [0.4, 0.5) is 24.5 Å². The Hall–Kier alpha value is -2.31. The van der Waals surface area contributed by atoms with Gasteiger partial charge in [-0.3, -0.25) is 0 Å². The lowest BCUT2D eigenvalue weighted by Crippen LogP contribution is -2.66. The second-order valence-electron chi connectivity index (χ2n) is 10.3. The molecule has 1 N–H and O–H groups in total. The van der Waals surface area contributed by atoms with Crippen molar-refractivity contribution in [3.05, 3.63) is 42.0 Å². The van der Waals surface area contributed by atoms with Gasteiger partial charge in [0, 0.05) is 43.2 Å². The summed E-state index contributed by atoms with van der Waals surface area (Å²) in [5, 5.41) is 0. The first-order valence-corrected chi connectivity index (χ1v) is 13.4. The molecule has 3 heterocycles. The van der Waals surface area contributed by atoms with Crippen LogP contribution in [0.3, 0.4) is 0 Å². The number of hydrogen-bond donors (Lipinski definition) is 1. The van der Waals surface area contributed by atoms with Crippen molar-refractivity contribution in [2.45, 2.75) is 50.3 Å². The molecule has 3 aliphatic carbocycles. The minimum Gasteiger partial charge on any atom is -0.361 e. The van der Waals surface area contributed by atoms with Crippen LogP contribution in [-0.2, 0) is 27.8 Å². The summed E-state index contributed by atoms with van der Waals surface area (Å²) in [6, 6.07) is 5.35. The van der Waals surface area contributed by atoms with E-state index in [1.165, 1.54) is 0 Å². The van der Waals surface area contributed by atoms with Gasteiger partial charge in [0.05, 0.1) is 25.2 Å². The number of anilines is 2. The fourth-order valence-electron chi connectivity index (χ4n) is 6.25. The van der Waals surface area contributed by atoms with Crippen LogP contribution in [0.25, 0.3) is 0 Å². The molecule has 3 saturated carbocycles. The summed E-state index contributed by atoms with van der Waals surface area (Å²) in [6.07, 6.45) is 6.90. The molecule has 2 aromatic rings. The average molecular weight is 512 g/mol. The zero-order valence-electron chi connectivity index (χ0n) is 19.2. The fraction of sp³-hybridized carbons (Fsp3) is 0.609. The molecule has 5 aliphatic rings. The average Bonchev–Trinajstić information content (AvgIpc) is 3.22. The number of alkyl halides is 3. The number of H-pyrrole nitrogens is 1. The van der Waals surface area contributed by atoms with Gasteiger partial charge in [-0.1, -0.05) is 0 Å². The molecule has 35 heavy (non-hydrogen) atoms. The minimum atomic E-state index is -5.50. The maximum absolute atomic E-state index is 13.7. The molecule has 1 atom stereocenters. The number of nitrogens with one attached hydrogen (secondary N) is 1. The van der Waals surface area contributed by atoms with Gasteiger partial charge in [-0.15, -0.1) is 0 Å². The molecule has 7 rings (SSSR count). The number of sulfonamides is 1. The monoisotopic (exact) mass is 511 g/mol. The van der Waals surface area contributed by atoms with E-state index in [2.05, 4.69) is 14.9 Å². The number of hydrogen-bond acceptors (Lipinski definition) is 6. The Morgan fingerprint density at radius 2 is 2.03 bits per heavy atom. The number of aromatic nitrogens is 2. The Bertz CT molecular complexity index is 1180. The highest BCUT2D eigenvalue weighted by Gasteiger charge is 2.63. The maximum atomic E-state index is 13.7. The summed E-state index contributed by atoms with van der Waals surface area (Å²) in [4.78, 5) is 11.3. The smallest absolute Gasteiger partial charge is 0.361 e. The third-order valence-corrected chi connectivity index (χ3v) is 9.66. The summed E-state index contributed by atoms with van der Waals surface area (Å²) < 4.78 is 72.9. The molecule has 1 aromatic carbocycles. The fourth-order valence-corrected chi connectivity index (χ4v) is 7.19. The van der Waals surface area contributed by atoms with Crippen LogP contribution < -0.4 is 9.80 Å². The highest BCUT2D eigenvalue weighted by Crippen LogP contribution is 2.67. The number of ether oxygens (including phenoxy) is 1. The lowest BCUT2D eigenvalue weighted by Gasteiger charge is -2.67. The van der Waals surface area contributed by atoms with Gasteiger partial charge in [0.25, 0.3) is 0 Å². The van der Waals surface area contributed by atoms with E-state index < -0.39 is 15.5 Å². The molecule has 8 nitrogen and oxygen atoms in total. The number of aromatic amines is 1. The van der Waals surface area contributed by atoms with Gasteiger partial charge in [-0.05, 0) is 60.8 Å². The lowest BCUT2D eigenvalue weighted by atomic mass is 9.41. The molecule has 2 bridgehead atoms. The topological polar surface area (TPSA) is 81.8 Å². The van der Waals surface area contributed by atoms with Crippen LogP contribution in [0.1, 0.15) is 36.9 Å². The highest BCUT2D eigenvalue weighted by molar-refractivity contribution is 7.89. The third kappa shape index (κ3) is 3.80. The van der Waals surface area contributed by atoms with Gasteiger partial charge < -0.3 is 19.5 Å². The van der Waals surface area contributed by atoms with E-state index in [0.29, 0.717) is 35.7 Å². The van der Waals surface area contributed by atoms with E-state index in [4.69, 9.17) is 4.74 Å². The van der Waals surface area contributed by atoms with Crippen molar-refractivity contribution in [2.75, 3.05) is 36.2 Å². The molecule has 1 aromatic heterocycles. The Morgan fingerprint density at radius 1 is 1.23 bits per heavy atom. The van der Waals surface area contributed by atoms with Crippen LogP contribution in [0.2, 0.25) is 0 Å². The number of nitrogens with zero attached hydrogens (tertiary/aromatic N) is 4. The van der Waals surface area contributed by atoms with E-state index in [9.17, 15) is 21.6 Å². The lowest BCUT2D eigenvalue weighted by molar-refractivity contribution is -0.129. The summed E-state index contributed by atoms with van der Waals surface area (Å²) in [5.74, 6) is 0.598. The van der Waals surface area contributed by atoms with Crippen LogP contribution in [0, 0.1) is 11.3 Å². The van der Waals surface area contributed by atoms with Crippen molar-refractivity contribution in [2.24, 2.45) is 11.3 Å². The summed E-state index contributed by atoms with van der Waals surface area (Å²) in [5.41, 5.74) is -2.53. The van der Waals surface area contributed by atoms with Crippen molar-refractivity contribution in [1.29, 1.82) is 0 Å². The molecule has 1 unspecified atom stereocenters. The third-order valence-electron chi connectivity index (χ3n) is 8.12. The van der Waals surface area contributed by atoms with Gasteiger partial charge in [0.15, 0.2) is 0 Å². The number of benzene rings is 1. The van der Waals surface area contributed by atoms with Gasteiger partial charge in [0.2, 0.25) is 0 Å². The zero-order chi connectivity index (χ0) is 24.4. The van der Waals surface area contributed by atoms with E-state index >= 15 is 0 Å². The Kier molecular flexibility index (Phi) is 5.35. The molecule has 1 saturated heterocycles. The molecule has 12 heteroatoms. The predicted molar refractivity (Wildman–Crippen MR) is 123 cm³/mol. The molecule has 0 amide bonds. The van der Waals surface area contributed by atoms with Crippen LogP contribution in [0.15, 0.2) is 30.7 Å². The van der Waals surface area contributed by atoms with Crippen molar-refractivity contribution in [1.82, 2.24) is 14.3 Å². The molecule has 0 radical (unpaired) electrons. The minimum absolute atomic E-state index is 0.162. The molecule has 190 valence electrons. The molecular weight excluding hydrogens is 483 g/mol. The predicted octanol–water partition coefficient (Wildman–Crippen LogP) is 3.43. The summed E-state index contributed by atoms with van der Waals surface area (Å²) >= 11 is 0. The van der Waals surface area contributed by atoms with Gasteiger partial charge >= 0.3 is 15.5 Å². The van der Waals surface area contributed by atoms with E-state index in [-0.39, 0.29) is 24.5 Å². The first kappa shape index (κ1) is 23.1. The van der Waals surface area contributed by atoms with Crippen molar-refractivity contribution in [3.8, 4) is 0 Å². The van der Waals surface area contributed by atoms with Crippen molar-refractivity contribution < 1.29 is 26.3 Å². The second-order valence-corrected chi connectivity index (χ2v) is 12.2. The first-order valence-electron chi connectivity index (χ1n) is 11.9. The van der Waals surface area contributed by atoms with Crippen LogP contribution >= 0.6 is 0 Å². The van der Waals surface area contributed by atoms with Crippen LogP contribution in [-0.4, -0.2) is 60.7 Å².